The molecule has 17 heavy (non-hydrogen) atoms. The van der Waals surface area contributed by atoms with Crippen LogP contribution in [0.15, 0.2) is 6.20 Å². The van der Waals surface area contributed by atoms with Crippen molar-refractivity contribution in [1.29, 1.82) is 0 Å². The summed E-state index contributed by atoms with van der Waals surface area (Å²) < 4.78 is 12.7. The van der Waals surface area contributed by atoms with Crippen molar-refractivity contribution < 1.29 is 14.4 Å². The third-order valence-corrected chi connectivity index (χ3v) is 2.29. The van der Waals surface area contributed by atoms with Crippen LogP contribution >= 0.6 is 0 Å². The average Bonchev–Trinajstić information content (AvgIpc) is 2.69. The van der Waals surface area contributed by atoms with Crippen molar-refractivity contribution in [2.24, 2.45) is 0 Å². The van der Waals surface area contributed by atoms with Crippen molar-refractivity contribution in [2.45, 2.75) is 39.0 Å². The van der Waals surface area contributed by atoms with Gasteiger partial charge >= 0.3 is 11.8 Å². The van der Waals surface area contributed by atoms with Gasteiger partial charge in [-0.1, -0.05) is 0 Å². The van der Waals surface area contributed by atoms with E-state index in [1.54, 1.807) is 4.57 Å². The Hall–Kier alpha value is -1.63. The van der Waals surface area contributed by atoms with Gasteiger partial charge in [0.1, 0.15) is 12.3 Å². The van der Waals surface area contributed by atoms with E-state index in [9.17, 15) is 10.1 Å². The molecule has 0 spiro atoms. The molecule has 7 nitrogen and oxygen atoms in total. The van der Waals surface area contributed by atoms with Gasteiger partial charge in [-0.05, 0) is 25.7 Å². The highest BCUT2D eigenvalue weighted by molar-refractivity contribution is 5.22. The summed E-state index contributed by atoms with van der Waals surface area (Å²) in [5, 5.41) is 10.5. The van der Waals surface area contributed by atoms with E-state index in [-0.39, 0.29) is 17.5 Å². The lowest BCUT2D eigenvalue weighted by molar-refractivity contribution is -0.389. The lowest BCUT2D eigenvalue weighted by Gasteiger charge is -2.21. The minimum Gasteiger partial charge on any atom is -0.438 e. The molecule has 0 bridgehead atoms. The zero-order chi connectivity index (χ0) is 12.6. The van der Waals surface area contributed by atoms with Gasteiger partial charge in [0.25, 0.3) is 0 Å². The van der Waals surface area contributed by atoms with E-state index in [4.69, 9.17) is 9.47 Å². The lowest BCUT2D eigenvalue weighted by atomic mass is 10.2. The molecule has 0 aromatic carbocycles. The van der Waals surface area contributed by atoms with Gasteiger partial charge in [0, 0.05) is 4.98 Å². The van der Waals surface area contributed by atoms with Crippen molar-refractivity contribution in [3.8, 4) is 6.01 Å². The molecule has 0 N–H and O–H groups in total. The van der Waals surface area contributed by atoms with Gasteiger partial charge in [-0.3, -0.25) is 4.57 Å². The zero-order valence-electron chi connectivity index (χ0n) is 10.0. The molecule has 0 aliphatic carbocycles. The van der Waals surface area contributed by atoms with Crippen LogP contribution < -0.4 is 4.74 Å². The van der Waals surface area contributed by atoms with Crippen LogP contribution in [0.4, 0.5) is 5.82 Å². The predicted octanol–water partition coefficient (Wildman–Crippen LogP) is 1.37. The molecule has 7 heteroatoms. The summed E-state index contributed by atoms with van der Waals surface area (Å²) in [5.74, 6) is -0.185. The molecule has 1 atom stereocenters. The molecule has 2 rings (SSSR count). The van der Waals surface area contributed by atoms with Crippen molar-refractivity contribution >= 4 is 5.82 Å². The third kappa shape index (κ3) is 2.73. The van der Waals surface area contributed by atoms with Crippen LogP contribution in [-0.2, 0) is 11.3 Å². The fourth-order valence-corrected chi connectivity index (χ4v) is 1.53. The van der Waals surface area contributed by atoms with E-state index in [0.717, 1.165) is 0 Å². The predicted molar refractivity (Wildman–Crippen MR) is 59.0 cm³/mol. The van der Waals surface area contributed by atoms with E-state index in [1.165, 1.54) is 6.20 Å². The van der Waals surface area contributed by atoms with Crippen LogP contribution in [0.2, 0.25) is 0 Å². The van der Waals surface area contributed by atoms with E-state index in [0.29, 0.717) is 19.2 Å². The van der Waals surface area contributed by atoms with Gasteiger partial charge < -0.3 is 19.6 Å². The maximum Gasteiger partial charge on any atom is 0.414 e. The van der Waals surface area contributed by atoms with Crippen molar-refractivity contribution in [2.75, 3.05) is 6.61 Å². The first-order valence-corrected chi connectivity index (χ1v) is 5.37. The molecule has 0 radical (unpaired) electrons. The van der Waals surface area contributed by atoms with Gasteiger partial charge in [-0.25, -0.2) is 0 Å². The summed E-state index contributed by atoms with van der Waals surface area (Å²) in [6.07, 6.45) is 1.25. The first kappa shape index (κ1) is 11.8. The number of hydrogen-bond donors (Lipinski definition) is 0. The fraction of sp³-hybridized carbons (Fsp3) is 0.700. The van der Waals surface area contributed by atoms with Gasteiger partial charge in [-0.15, -0.1) is 0 Å². The van der Waals surface area contributed by atoms with Crippen LogP contribution in [0, 0.1) is 10.1 Å². The maximum absolute atomic E-state index is 10.5. The Balaban J connectivity index is 1.94. The Kier molecular flexibility index (Phi) is 2.78. The molecule has 0 saturated carbocycles. The summed E-state index contributed by atoms with van der Waals surface area (Å²) in [7, 11) is 0. The minimum absolute atomic E-state index is 0.127. The molecule has 0 unspecified atom stereocenters. The molecular formula is C10H15N3O4. The molecule has 0 amide bonds. The van der Waals surface area contributed by atoms with Gasteiger partial charge in [0.05, 0.1) is 18.8 Å². The SMILES string of the molecule is CC(C)(C)OC[C@@H]1Cn2cc([N+](=O)[O-])nc2O1. The summed E-state index contributed by atoms with van der Waals surface area (Å²) in [6.45, 7) is 6.87. The molecule has 2 heterocycles. The third-order valence-electron chi connectivity index (χ3n) is 2.29. The zero-order valence-corrected chi connectivity index (χ0v) is 10.0. The quantitative estimate of drug-likeness (QED) is 0.589. The Morgan fingerprint density at radius 3 is 2.94 bits per heavy atom. The van der Waals surface area contributed by atoms with Crippen LogP contribution in [0.3, 0.4) is 0 Å². The van der Waals surface area contributed by atoms with Crippen molar-refractivity contribution in [1.82, 2.24) is 9.55 Å². The highest BCUT2D eigenvalue weighted by Gasteiger charge is 2.32. The number of fused-ring (bicyclic) bond motifs is 1. The molecule has 1 aliphatic rings. The van der Waals surface area contributed by atoms with Gasteiger partial charge in [0.15, 0.2) is 0 Å². The molecule has 0 saturated heterocycles. The van der Waals surface area contributed by atoms with Crippen molar-refractivity contribution in [3.05, 3.63) is 16.3 Å². The lowest BCUT2D eigenvalue weighted by Crippen LogP contribution is -2.29. The number of aromatic nitrogens is 2. The number of nitrogens with zero attached hydrogens (tertiary/aromatic N) is 3. The van der Waals surface area contributed by atoms with Crippen LogP contribution in [0.1, 0.15) is 20.8 Å². The number of imidazole rings is 1. The monoisotopic (exact) mass is 241 g/mol. The summed E-state index contributed by atoms with van der Waals surface area (Å²) in [5.41, 5.74) is -0.222. The second kappa shape index (κ2) is 3.99. The first-order chi connectivity index (χ1) is 7.85. The van der Waals surface area contributed by atoms with Gasteiger partial charge in [0.2, 0.25) is 0 Å². The van der Waals surface area contributed by atoms with E-state index < -0.39 is 4.92 Å². The standard InChI is InChI=1S/C10H15N3O4/c1-10(2,3)16-6-7-4-12-5-8(13(14)15)11-9(12)17-7/h5,7H,4,6H2,1-3H3/t7-/m0/s1. The van der Waals surface area contributed by atoms with E-state index in [2.05, 4.69) is 4.98 Å². The molecule has 1 aromatic rings. The van der Waals surface area contributed by atoms with E-state index in [1.807, 2.05) is 20.8 Å². The average molecular weight is 241 g/mol. The molecule has 0 fully saturated rings. The Morgan fingerprint density at radius 1 is 1.71 bits per heavy atom. The highest BCUT2D eigenvalue weighted by Crippen LogP contribution is 2.25. The Bertz CT molecular complexity index is 412. The Labute approximate surface area is 98.5 Å². The normalized spacial score (nSPS) is 18.9. The summed E-state index contributed by atoms with van der Waals surface area (Å²) in [6, 6.07) is 0.291. The Morgan fingerprint density at radius 2 is 2.41 bits per heavy atom. The van der Waals surface area contributed by atoms with Crippen LogP contribution in [0.5, 0.6) is 6.01 Å². The minimum atomic E-state index is -0.532. The summed E-state index contributed by atoms with van der Waals surface area (Å²) >= 11 is 0. The molecule has 1 aromatic heterocycles. The molecule has 94 valence electrons. The maximum atomic E-state index is 10.5. The summed E-state index contributed by atoms with van der Waals surface area (Å²) in [4.78, 5) is 13.7. The molecule has 1 aliphatic heterocycles. The topological polar surface area (TPSA) is 79.4 Å². The van der Waals surface area contributed by atoms with Crippen molar-refractivity contribution in [3.63, 3.8) is 0 Å². The number of nitro groups is 1. The van der Waals surface area contributed by atoms with Gasteiger partial charge in [-0.2, -0.15) is 0 Å². The fourth-order valence-electron chi connectivity index (χ4n) is 1.53. The second-order valence-corrected chi connectivity index (χ2v) is 4.95. The number of ether oxygens (including phenoxy) is 2. The second-order valence-electron chi connectivity index (χ2n) is 4.95. The smallest absolute Gasteiger partial charge is 0.414 e. The highest BCUT2D eigenvalue weighted by atomic mass is 16.6. The van der Waals surface area contributed by atoms with Crippen LogP contribution in [-0.4, -0.2) is 32.8 Å². The number of hydrogen-bond acceptors (Lipinski definition) is 5. The number of rotatable bonds is 3. The first-order valence-electron chi connectivity index (χ1n) is 5.37. The largest absolute Gasteiger partial charge is 0.438 e. The molecular weight excluding hydrogens is 226 g/mol. The van der Waals surface area contributed by atoms with E-state index >= 15 is 0 Å². The van der Waals surface area contributed by atoms with Crippen LogP contribution in [0.25, 0.3) is 0 Å².